The van der Waals surface area contributed by atoms with E-state index in [0.29, 0.717) is 6.42 Å². The fraction of sp³-hybridized carbons (Fsp3) is 0.143. The lowest BCUT2D eigenvalue weighted by molar-refractivity contribution is -0.119. The fourth-order valence-electron chi connectivity index (χ4n) is 1.01. The molecular weight excluding hydrogens is 128 g/mol. The summed E-state index contributed by atoms with van der Waals surface area (Å²) < 4.78 is 0. The number of fused-ring (bicyclic) bond motifs is 1. The van der Waals surface area contributed by atoms with Crippen molar-refractivity contribution in [2.24, 2.45) is 4.99 Å². The van der Waals surface area contributed by atoms with Crippen molar-refractivity contribution in [1.29, 1.82) is 0 Å². The lowest BCUT2D eigenvalue weighted by Crippen LogP contribution is -2.25. The van der Waals surface area contributed by atoms with Gasteiger partial charge in [0.2, 0.25) is 5.91 Å². The Morgan fingerprint density at radius 2 is 2.50 bits per heavy atom. The van der Waals surface area contributed by atoms with Crippen LogP contribution in [0.2, 0.25) is 0 Å². The van der Waals surface area contributed by atoms with E-state index in [1.807, 2.05) is 6.08 Å². The van der Waals surface area contributed by atoms with Gasteiger partial charge >= 0.3 is 0 Å². The van der Waals surface area contributed by atoms with Crippen LogP contribution >= 0.6 is 0 Å². The summed E-state index contributed by atoms with van der Waals surface area (Å²) in [5.74, 6) is 0.0421. The standard InChI is InChI=1S/C7H6N2O/c10-7-2-1-5-3-8-4-6(5)9-7/h1,3-4H,2H2,(H,9,10). The van der Waals surface area contributed by atoms with Gasteiger partial charge in [0, 0.05) is 18.2 Å². The predicted octanol–water partition coefficient (Wildman–Crippen LogP) is 0.358. The maximum Gasteiger partial charge on any atom is 0.228 e. The van der Waals surface area contributed by atoms with Crippen LogP contribution in [-0.4, -0.2) is 12.1 Å². The summed E-state index contributed by atoms with van der Waals surface area (Å²) in [5.41, 5.74) is 1.86. The van der Waals surface area contributed by atoms with Crippen LogP contribution in [-0.2, 0) is 4.79 Å². The Kier molecular flexibility index (Phi) is 0.974. The molecule has 0 atom stereocenters. The molecule has 0 aromatic rings. The summed E-state index contributed by atoms with van der Waals surface area (Å²) in [7, 11) is 0. The molecule has 2 rings (SSSR count). The highest BCUT2D eigenvalue weighted by molar-refractivity contribution is 5.94. The van der Waals surface area contributed by atoms with Crippen molar-refractivity contribution in [3.8, 4) is 0 Å². The maximum absolute atomic E-state index is 10.8. The van der Waals surface area contributed by atoms with Crippen molar-refractivity contribution in [3.05, 3.63) is 23.5 Å². The number of hydrogen-bond donors (Lipinski definition) is 1. The van der Waals surface area contributed by atoms with E-state index < -0.39 is 0 Å². The first-order valence-corrected chi connectivity index (χ1v) is 3.10. The second-order valence-corrected chi connectivity index (χ2v) is 2.23. The Hall–Kier alpha value is -1.38. The lowest BCUT2D eigenvalue weighted by Gasteiger charge is -2.10. The van der Waals surface area contributed by atoms with Gasteiger partial charge in [-0.15, -0.1) is 0 Å². The molecule has 0 saturated carbocycles. The third-order valence-corrected chi connectivity index (χ3v) is 1.51. The van der Waals surface area contributed by atoms with Crippen LogP contribution in [0, 0.1) is 0 Å². The summed E-state index contributed by atoms with van der Waals surface area (Å²) in [4.78, 5) is 14.6. The number of hydrogen-bond acceptors (Lipinski definition) is 2. The quantitative estimate of drug-likeness (QED) is 0.510. The molecule has 0 radical (unpaired) electrons. The van der Waals surface area contributed by atoms with Gasteiger partial charge in [-0.3, -0.25) is 9.79 Å². The van der Waals surface area contributed by atoms with Gasteiger partial charge < -0.3 is 5.32 Å². The molecule has 0 spiro atoms. The zero-order chi connectivity index (χ0) is 6.97. The van der Waals surface area contributed by atoms with Crippen molar-refractivity contribution >= 4 is 12.1 Å². The van der Waals surface area contributed by atoms with Crippen molar-refractivity contribution in [2.75, 3.05) is 0 Å². The lowest BCUT2D eigenvalue weighted by atomic mass is 10.1. The maximum atomic E-state index is 10.8. The van der Waals surface area contributed by atoms with Crippen molar-refractivity contribution < 1.29 is 4.79 Å². The normalized spacial score (nSPS) is 21.4. The number of aliphatic imine (C=N–C) groups is 1. The van der Waals surface area contributed by atoms with Gasteiger partial charge in [0.1, 0.15) is 0 Å². The van der Waals surface area contributed by atoms with Crippen LogP contribution in [0.1, 0.15) is 6.42 Å². The Bertz CT molecular complexity index is 273. The summed E-state index contributed by atoms with van der Waals surface area (Å²) in [6, 6.07) is 0. The Morgan fingerprint density at radius 1 is 1.60 bits per heavy atom. The number of amides is 1. The molecule has 0 fully saturated rings. The topological polar surface area (TPSA) is 41.5 Å². The van der Waals surface area contributed by atoms with Gasteiger partial charge in [0.25, 0.3) is 0 Å². The van der Waals surface area contributed by atoms with E-state index in [1.165, 1.54) is 0 Å². The highest BCUT2D eigenvalue weighted by Crippen LogP contribution is 2.15. The highest BCUT2D eigenvalue weighted by atomic mass is 16.1. The molecule has 2 aliphatic rings. The third kappa shape index (κ3) is 0.673. The number of nitrogens with one attached hydrogen (secondary N) is 1. The Balaban J connectivity index is 2.39. The van der Waals surface area contributed by atoms with E-state index in [1.54, 1.807) is 12.4 Å². The largest absolute Gasteiger partial charge is 0.324 e. The molecular formula is C7H6N2O. The first kappa shape index (κ1) is 5.41. The molecule has 0 unspecified atom stereocenters. The monoisotopic (exact) mass is 134 g/mol. The minimum Gasteiger partial charge on any atom is -0.324 e. The van der Waals surface area contributed by atoms with Gasteiger partial charge in [-0.25, -0.2) is 0 Å². The summed E-state index contributed by atoms with van der Waals surface area (Å²) >= 11 is 0. The van der Waals surface area contributed by atoms with E-state index in [2.05, 4.69) is 10.3 Å². The predicted molar refractivity (Wildman–Crippen MR) is 37.4 cm³/mol. The molecule has 50 valence electrons. The van der Waals surface area contributed by atoms with E-state index in [-0.39, 0.29) is 5.91 Å². The zero-order valence-electron chi connectivity index (χ0n) is 5.29. The molecule has 1 amide bonds. The number of nitrogens with zero attached hydrogens (tertiary/aromatic N) is 1. The van der Waals surface area contributed by atoms with Crippen LogP contribution in [0.25, 0.3) is 0 Å². The van der Waals surface area contributed by atoms with E-state index in [4.69, 9.17) is 0 Å². The van der Waals surface area contributed by atoms with Crippen LogP contribution in [0.4, 0.5) is 0 Å². The average Bonchev–Trinajstić information content (AvgIpc) is 2.33. The van der Waals surface area contributed by atoms with Crippen molar-refractivity contribution in [2.45, 2.75) is 6.42 Å². The van der Waals surface area contributed by atoms with Crippen LogP contribution in [0.5, 0.6) is 0 Å². The number of carbonyl (C=O) groups excluding carboxylic acids is 1. The third-order valence-electron chi connectivity index (χ3n) is 1.51. The average molecular weight is 134 g/mol. The number of rotatable bonds is 0. The molecule has 1 N–H and O–H groups in total. The van der Waals surface area contributed by atoms with Gasteiger partial charge in [-0.05, 0) is 0 Å². The number of carbonyl (C=O) groups is 1. The van der Waals surface area contributed by atoms with Gasteiger partial charge in [0.15, 0.2) is 0 Å². The van der Waals surface area contributed by atoms with Gasteiger partial charge in [-0.1, -0.05) is 6.08 Å². The number of allylic oxidation sites excluding steroid dienone is 1. The summed E-state index contributed by atoms with van der Waals surface area (Å²) in [6.45, 7) is 0. The zero-order valence-corrected chi connectivity index (χ0v) is 5.29. The molecule has 0 aliphatic carbocycles. The molecule has 2 aliphatic heterocycles. The first-order chi connectivity index (χ1) is 4.86. The minimum absolute atomic E-state index is 0.0421. The van der Waals surface area contributed by atoms with Gasteiger partial charge in [0.05, 0.1) is 11.9 Å². The Labute approximate surface area is 58.1 Å². The summed E-state index contributed by atoms with van der Waals surface area (Å²) in [5, 5.41) is 2.71. The molecule has 3 heteroatoms. The smallest absolute Gasteiger partial charge is 0.228 e. The van der Waals surface area contributed by atoms with E-state index in [0.717, 1.165) is 11.3 Å². The molecule has 0 saturated heterocycles. The van der Waals surface area contributed by atoms with Crippen LogP contribution in [0.15, 0.2) is 28.5 Å². The minimum atomic E-state index is 0.0421. The van der Waals surface area contributed by atoms with Gasteiger partial charge in [-0.2, -0.15) is 0 Å². The van der Waals surface area contributed by atoms with Crippen LogP contribution < -0.4 is 5.32 Å². The second kappa shape index (κ2) is 1.80. The molecule has 3 nitrogen and oxygen atoms in total. The Morgan fingerprint density at radius 3 is 3.40 bits per heavy atom. The van der Waals surface area contributed by atoms with Crippen molar-refractivity contribution in [1.82, 2.24) is 5.32 Å². The van der Waals surface area contributed by atoms with Crippen molar-refractivity contribution in [3.63, 3.8) is 0 Å². The van der Waals surface area contributed by atoms with Crippen LogP contribution in [0.3, 0.4) is 0 Å². The highest BCUT2D eigenvalue weighted by Gasteiger charge is 2.15. The molecule has 10 heavy (non-hydrogen) atoms. The molecule has 0 bridgehead atoms. The first-order valence-electron chi connectivity index (χ1n) is 3.10. The van der Waals surface area contributed by atoms with E-state index >= 15 is 0 Å². The van der Waals surface area contributed by atoms with E-state index in [9.17, 15) is 4.79 Å². The molecule has 0 aromatic carbocycles. The SMILES string of the molecule is O=C1CC=C2C=NC=C2N1. The summed E-state index contributed by atoms with van der Waals surface area (Å²) in [6.07, 6.45) is 5.75. The fourth-order valence-corrected chi connectivity index (χ4v) is 1.01. The molecule has 2 heterocycles. The second-order valence-electron chi connectivity index (χ2n) is 2.23. The molecule has 0 aromatic heterocycles.